The van der Waals surface area contributed by atoms with Crippen molar-refractivity contribution in [1.29, 1.82) is 0 Å². The lowest BCUT2D eigenvalue weighted by Gasteiger charge is -2.32. The molecule has 6 nitrogen and oxygen atoms in total. The van der Waals surface area contributed by atoms with E-state index < -0.39 is 0 Å². The molecule has 1 atom stereocenters. The van der Waals surface area contributed by atoms with Gasteiger partial charge in [0.25, 0.3) is 0 Å². The maximum Gasteiger partial charge on any atom is 0.159 e. The third-order valence-corrected chi connectivity index (χ3v) is 7.13. The predicted octanol–water partition coefficient (Wildman–Crippen LogP) is 8.36. The molecule has 7 heteroatoms. The van der Waals surface area contributed by atoms with Crippen molar-refractivity contribution in [2.45, 2.75) is 75.2 Å². The summed E-state index contributed by atoms with van der Waals surface area (Å²) in [6.45, 7) is 25.5. The molecular weight excluding hydrogens is 550 g/mol. The summed E-state index contributed by atoms with van der Waals surface area (Å²) in [5, 5.41) is 9.15. The predicted molar refractivity (Wildman–Crippen MR) is 194 cm³/mol. The molecule has 3 heterocycles. The molecule has 0 bridgehead atoms. The smallest absolute Gasteiger partial charge is 0.159 e. The average Bonchev–Trinajstić information content (AvgIpc) is 3.75. The van der Waals surface area contributed by atoms with Crippen molar-refractivity contribution < 1.29 is 4.79 Å². The zero-order valence-corrected chi connectivity index (χ0v) is 30.1. The number of aldehydes is 1. The summed E-state index contributed by atoms with van der Waals surface area (Å²) in [7, 11) is 4.10. The van der Waals surface area contributed by atoms with E-state index in [0.29, 0.717) is 5.92 Å². The number of piperazine rings is 1. The highest BCUT2D eigenvalue weighted by Crippen LogP contribution is 2.13. The van der Waals surface area contributed by atoms with Crippen LogP contribution in [0.3, 0.4) is 0 Å². The summed E-state index contributed by atoms with van der Waals surface area (Å²) in [4.78, 5) is 15.6. The maximum atomic E-state index is 9.88. The van der Waals surface area contributed by atoms with Crippen molar-refractivity contribution in [3.63, 3.8) is 0 Å². The maximum absolute atomic E-state index is 9.88. The van der Waals surface area contributed by atoms with E-state index in [1.165, 1.54) is 54.2 Å². The molecule has 43 heavy (non-hydrogen) atoms. The third-order valence-electron chi connectivity index (χ3n) is 6.33. The minimum Gasteiger partial charge on any atom is -0.394 e. The highest BCUT2D eigenvalue weighted by atomic mass is 32.1. The van der Waals surface area contributed by atoms with Crippen LogP contribution in [0, 0.1) is 5.92 Å². The van der Waals surface area contributed by atoms with Crippen LogP contribution in [-0.4, -0.2) is 75.2 Å². The lowest BCUT2D eigenvalue weighted by Crippen LogP contribution is -2.44. The minimum atomic E-state index is 0.398. The van der Waals surface area contributed by atoms with Gasteiger partial charge in [0.2, 0.25) is 0 Å². The van der Waals surface area contributed by atoms with E-state index in [1.807, 2.05) is 52.4 Å². The molecule has 1 aromatic rings. The van der Waals surface area contributed by atoms with Gasteiger partial charge in [-0.2, -0.15) is 5.10 Å². The first-order valence-electron chi connectivity index (χ1n) is 16.1. The Morgan fingerprint density at radius 2 is 1.79 bits per heavy atom. The molecule has 244 valence electrons. The van der Waals surface area contributed by atoms with Crippen LogP contribution in [0.15, 0.2) is 82.0 Å². The Kier molecular flexibility index (Phi) is 28.9. The molecule has 0 aliphatic carbocycles. The van der Waals surface area contributed by atoms with Crippen molar-refractivity contribution in [1.82, 2.24) is 20.5 Å². The highest BCUT2D eigenvalue weighted by molar-refractivity contribution is 7.11. The van der Waals surface area contributed by atoms with Crippen molar-refractivity contribution in [3.8, 4) is 0 Å². The quantitative estimate of drug-likeness (QED) is 0.205. The van der Waals surface area contributed by atoms with Gasteiger partial charge >= 0.3 is 0 Å². The van der Waals surface area contributed by atoms with Crippen molar-refractivity contribution in [2.75, 3.05) is 53.4 Å². The topological polar surface area (TPSA) is 60.0 Å². The van der Waals surface area contributed by atoms with Gasteiger partial charge in [-0.05, 0) is 69.0 Å². The lowest BCUT2D eigenvalue weighted by atomic mass is 10.0. The Bertz CT molecular complexity index is 971. The van der Waals surface area contributed by atoms with E-state index in [2.05, 4.69) is 104 Å². The normalized spacial score (nSPS) is 16.0. The number of allylic oxidation sites excluding steroid dienone is 7. The van der Waals surface area contributed by atoms with Gasteiger partial charge in [0, 0.05) is 39.8 Å². The Morgan fingerprint density at radius 3 is 2.26 bits per heavy atom. The average molecular weight is 614 g/mol. The number of rotatable bonds is 10. The summed E-state index contributed by atoms with van der Waals surface area (Å²) in [6.07, 6.45) is 18.2. The van der Waals surface area contributed by atoms with E-state index in [1.54, 1.807) is 6.07 Å². The third kappa shape index (κ3) is 21.6. The van der Waals surface area contributed by atoms with Crippen molar-refractivity contribution >= 4 is 23.3 Å². The van der Waals surface area contributed by atoms with Crippen LogP contribution < -0.4 is 10.7 Å². The largest absolute Gasteiger partial charge is 0.394 e. The monoisotopic (exact) mass is 613 g/mol. The fraction of sp³-hybridized carbons (Fsp3) is 0.556. The van der Waals surface area contributed by atoms with Crippen LogP contribution in [0.2, 0.25) is 0 Å². The van der Waals surface area contributed by atoms with Crippen LogP contribution in [0.5, 0.6) is 0 Å². The molecular formula is C36H63N5OS. The number of likely N-dealkylation sites (N-methyl/N-ethyl adjacent to an activating group) is 1. The number of nitrogens with one attached hydrogen (secondary N) is 2. The number of hydrogen-bond acceptors (Lipinski definition) is 7. The van der Waals surface area contributed by atoms with Gasteiger partial charge in [0.05, 0.1) is 17.1 Å². The Balaban J connectivity index is 0. The Morgan fingerprint density at radius 1 is 1.12 bits per heavy atom. The Hall–Kier alpha value is -2.74. The summed E-state index contributed by atoms with van der Waals surface area (Å²) in [6, 6.07) is 3.64. The zero-order chi connectivity index (χ0) is 32.9. The number of hydrazone groups is 1. The van der Waals surface area contributed by atoms with Gasteiger partial charge in [-0.15, -0.1) is 11.3 Å². The molecule has 0 saturated carbocycles. The lowest BCUT2D eigenvalue weighted by molar-refractivity contribution is 0.112. The van der Waals surface area contributed by atoms with Crippen LogP contribution in [0.4, 0.5) is 0 Å². The van der Waals surface area contributed by atoms with Gasteiger partial charge < -0.3 is 15.6 Å². The van der Waals surface area contributed by atoms with Crippen LogP contribution >= 0.6 is 11.3 Å². The van der Waals surface area contributed by atoms with E-state index in [-0.39, 0.29) is 0 Å². The molecule has 1 unspecified atom stereocenters. The number of nitrogens with zero attached hydrogens (tertiary/aromatic N) is 3. The second-order valence-electron chi connectivity index (χ2n) is 9.90. The van der Waals surface area contributed by atoms with Gasteiger partial charge in [0.1, 0.15) is 0 Å². The molecule has 2 aliphatic heterocycles. The SMILES string of the molecule is CC.CC.CC/C(=C\C=C/C(C)/C=C/C1=NNCC1=C(C)C)CN1CCN(C)CC1.CC/C=C/NC.O=Cc1cccs1. The van der Waals surface area contributed by atoms with Gasteiger partial charge in [0.15, 0.2) is 6.29 Å². The van der Waals surface area contributed by atoms with Crippen molar-refractivity contribution in [2.24, 2.45) is 11.0 Å². The summed E-state index contributed by atoms with van der Waals surface area (Å²) in [5.74, 6) is 0.398. The molecule has 2 N–H and O–H groups in total. The van der Waals surface area contributed by atoms with E-state index in [0.717, 1.165) is 42.8 Å². The zero-order valence-electron chi connectivity index (χ0n) is 29.2. The molecule has 0 amide bonds. The number of hydrogen-bond donors (Lipinski definition) is 2. The fourth-order valence-corrected chi connectivity index (χ4v) is 4.30. The summed E-state index contributed by atoms with van der Waals surface area (Å²) < 4.78 is 0. The van der Waals surface area contributed by atoms with E-state index in [9.17, 15) is 4.79 Å². The number of carbonyl (C=O) groups is 1. The summed E-state index contributed by atoms with van der Waals surface area (Å²) >= 11 is 1.45. The number of carbonyl (C=O) groups excluding carboxylic acids is 1. The number of thiophene rings is 1. The summed E-state index contributed by atoms with van der Waals surface area (Å²) in [5.41, 5.74) is 8.32. The molecule has 2 aliphatic rings. The standard InChI is InChI=1S/C22H36N4.C5H11N.C5H4OS.2C2H6/c1-6-20(17-26-14-12-25(5)13-15-26)9-7-8-19(4)10-11-22-21(18(2)3)16-23-24-22;1-3-4-5-6-2;6-4-5-2-1-3-7-5;2*1-2/h7-11,19,23H,6,12-17H2,1-5H3;4-6H,3H2,1-2H3;1-4H;2*1-2H3/b8-7-,11-10+,20-9+;5-4+;;;. The first-order valence-corrected chi connectivity index (χ1v) is 17.0. The van der Waals surface area contributed by atoms with Crippen LogP contribution in [-0.2, 0) is 0 Å². The molecule has 1 saturated heterocycles. The van der Waals surface area contributed by atoms with Gasteiger partial charge in [-0.1, -0.05) is 96.1 Å². The highest BCUT2D eigenvalue weighted by Gasteiger charge is 2.14. The van der Waals surface area contributed by atoms with Gasteiger partial charge in [-0.25, -0.2) is 0 Å². The van der Waals surface area contributed by atoms with Crippen LogP contribution in [0.1, 0.15) is 84.8 Å². The van der Waals surface area contributed by atoms with E-state index in [4.69, 9.17) is 0 Å². The van der Waals surface area contributed by atoms with Gasteiger partial charge in [-0.3, -0.25) is 9.69 Å². The molecule has 1 aromatic heterocycles. The second-order valence-corrected chi connectivity index (χ2v) is 10.9. The molecule has 1 fully saturated rings. The molecule has 0 spiro atoms. The van der Waals surface area contributed by atoms with E-state index >= 15 is 0 Å². The first-order chi connectivity index (χ1) is 20.8. The van der Waals surface area contributed by atoms with Crippen LogP contribution in [0.25, 0.3) is 0 Å². The van der Waals surface area contributed by atoms with Crippen molar-refractivity contribution in [3.05, 3.63) is 81.8 Å². The molecule has 3 rings (SSSR count). The minimum absolute atomic E-state index is 0.398. The second kappa shape index (κ2) is 29.3. The first kappa shape index (κ1) is 42.4. The Labute approximate surface area is 269 Å². The fourth-order valence-electron chi connectivity index (χ4n) is 3.78. The molecule has 0 radical (unpaired) electrons. The molecule has 0 aromatic carbocycles.